The highest BCUT2D eigenvalue weighted by Crippen LogP contribution is 2.28. The fourth-order valence-corrected chi connectivity index (χ4v) is 3.00. The van der Waals surface area contributed by atoms with Gasteiger partial charge in [0, 0.05) is 31.1 Å². The van der Waals surface area contributed by atoms with E-state index in [0.717, 1.165) is 12.8 Å². The van der Waals surface area contributed by atoms with Crippen LogP contribution in [0.1, 0.15) is 24.8 Å². The maximum Gasteiger partial charge on any atom is 0.260 e. The smallest absolute Gasteiger partial charge is 0.260 e. The Balaban J connectivity index is 1.47. The summed E-state index contributed by atoms with van der Waals surface area (Å²) in [5.74, 6) is 0.321. The fourth-order valence-electron chi connectivity index (χ4n) is 3.00. The second kappa shape index (κ2) is 9.91. The molecule has 0 saturated heterocycles. The molecule has 1 aliphatic carbocycles. The van der Waals surface area contributed by atoms with Gasteiger partial charge in [-0.1, -0.05) is 30.3 Å². The highest BCUT2D eigenvalue weighted by molar-refractivity contribution is 5.80. The summed E-state index contributed by atoms with van der Waals surface area (Å²) < 4.78 is 24.5. The second-order valence-corrected chi connectivity index (χ2v) is 6.88. The van der Waals surface area contributed by atoms with Gasteiger partial charge < -0.3 is 19.7 Å². The highest BCUT2D eigenvalue weighted by atomic mass is 19.1. The Labute approximate surface area is 169 Å². The number of hydrogen-bond donors (Lipinski definition) is 1. The van der Waals surface area contributed by atoms with E-state index in [-0.39, 0.29) is 43.2 Å². The maximum atomic E-state index is 13.6. The molecule has 0 atom stereocenters. The summed E-state index contributed by atoms with van der Waals surface area (Å²) in [5, 5.41) is 2.70. The lowest BCUT2D eigenvalue weighted by molar-refractivity contribution is -0.134. The van der Waals surface area contributed by atoms with Crippen LogP contribution in [0.15, 0.2) is 48.5 Å². The minimum Gasteiger partial charge on any atom is -0.493 e. The summed E-state index contributed by atoms with van der Waals surface area (Å²) >= 11 is 0. The summed E-state index contributed by atoms with van der Waals surface area (Å²) in [6.07, 6.45) is 2.01. The molecule has 0 bridgehead atoms. The molecule has 1 N–H and O–H groups in total. The van der Waals surface area contributed by atoms with Gasteiger partial charge in [0.05, 0.1) is 7.11 Å². The summed E-state index contributed by atoms with van der Waals surface area (Å²) in [5.41, 5.74) is 0.432. The van der Waals surface area contributed by atoms with E-state index in [1.54, 1.807) is 48.4 Å². The van der Waals surface area contributed by atoms with Crippen molar-refractivity contribution in [2.24, 2.45) is 0 Å². The molecule has 154 valence electrons. The van der Waals surface area contributed by atoms with Gasteiger partial charge in [0.2, 0.25) is 5.91 Å². The Kier molecular flexibility index (Phi) is 7.05. The van der Waals surface area contributed by atoms with Crippen LogP contribution >= 0.6 is 0 Å². The third-order valence-corrected chi connectivity index (χ3v) is 4.74. The molecule has 1 fully saturated rings. The zero-order valence-electron chi connectivity index (χ0n) is 16.4. The Bertz CT molecular complexity index is 854. The summed E-state index contributed by atoms with van der Waals surface area (Å²) in [4.78, 5) is 26.4. The zero-order valence-corrected chi connectivity index (χ0v) is 16.4. The number of ether oxygens (including phenoxy) is 2. The minimum atomic E-state index is -0.351. The van der Waals surface area contributed by atoms with Gasteiger partial charge in [0.25, 0.3) is 5.91 Å². The van der Waals surface area contributed by atoms with Crippen molar-refractivity contribution in [3.05, 3.63) is 59.9 Å². The van der Waals surface area contributed by atoms with Crippen LogP contribution in [0.4, 0.5) is 4.39 Å². The minimum absolute atomic E-state index is 0.117. The van der Waals surface area contributed by atoms with Crippen LogP contribution in [0.2, 0.25) is 0 Å². The SMILES string of the molecule is COc1ccccc1OCC(=O)N(CCC(=O)NCc1ccccc1F)C1CC1. The average Bonchev–Trinajstić information content (AvgIpc) is 3.57. The number of amides is 2. The number of halogens is 1. The molecule has 0 spiro atoms. The maximum absolute atomic E-state index is 13.6. The first kappa shape index (κ1) is 20.6. The number of para-hydroxylation sites is 2. The van der Waals surface area contributed by atoms with E-state index in [4.69, 9.17) is 9.47 Å². The molecule has 0 radical (unpaired) electrons. The van der Waals surface area contributed by atoms with Crippen molar-refractivity contribution < 1.29 is 23.5 Å². The normalized spacial score (nSPS) is 12.9. The van der Waals surface area contributed by atoms with E-state index in [1.807, 2.05) is 6.07 Å². The van der Waals surface area contributed by atoms with Gasteiger partial charge >= 0.3 is 0 Å². The molecule has 0 aromatic heterocycles. The fraction of sp³-hybridized carbons (Fsp3) is 0.364. The van der Waals surface area contributed by atoms with Crippen LogP contribution in [0.3, 0.4) is 0 Å². The number of methoxy groups -OCH3 is 1. The average molecular weight is 400 g/mol. The number of carbonyl (C=O) groups excluding carboxylic acids is 2. The van der Waals surface area contributed by atoms with Crippen LogP contribution in [-0.2, 0) is 16.1 Å². The van der Waals surface area contributed by atoms with Crippen LogP contribution in [-0.4, -0.2) is 43.0 Å². The highest BCUT2D eigenvalue weighted by Gasteiger charge is 2.32. The van der Waals surface area contributed by atoms with Crippen LogP contribution in [0, 0.1) is 5.82 Å². The van der Waals surface area contributed by atoms with Gasteiger partial charge in [-0.15, -0.1) is 0 Å². The molecule has 2 amide bonds. The van der Waals surface area contributed by atoms with Crippen molar-refractivity contribution in [3.63, 3.8) is 0 Å². The van der Waals surface area contributed by atoms with Crippen molar-refractivity contribution in [2.45, 2.75) is 31.8 Å². The molecule has 2 aromatic rings. The molecule has 6 nitrogen and oxygen atoms in total. The molecule has 2 aromatic carbocycles. The van der Waals surface area contributed by atoms with Crippen LogP contribution in [0.5, 0.6) is 11.5 Å². The van der Waals surface area contributed by atoms with E-state index in [1.165, 1.54) is 6.07 Å². The van der Waals surface area contributed by atoms with E-state index in [0.29, 0.717) is 23.6 Å². The predicted octanol–water partition coefficient (Wildman–Crippen LogP) is 2.91. The Morgan fingerprint density at radius 3 is 2.48 bits per heavy atom. The molecule has 0 unspecified atom stereocenters. The van der Waals surface area contributed by atoms with E-state index in [9.17, 15) is 14.0 Å². The van der Waals surface area contributed by atoms with Crippen molar-refractivity contribution in [2.75, 3.05) is 20.3 Å². The molecule has 7 heteroatoms. The van der Waals surface area contributed by atoms with E-state index >= 15 is 0 Å². The van der Waals surface area contributed by atoms with Crippen molar-refractivity contribution in [3.8, 4) is 11.5 Å². The lowest BCUT2D eigenvalue weighted by Crippen LogP contribution is -2.39. The molecule has 1 saturated carbocycles. The number of nitrogens with zero attached hydrogens (tertiary/aromatic N) is 1. The van der Waals surface area contributed by atoms with E-state index < -0.39 is 0 Å². The second-order valence-electron chi connectivity index (χ2n) is 6.88. The third kappa shape index (κ3) is 5.94. The lowest BCUT2D eigenvalue weighted by Gasteiger charge is -2.22. The topological polar surface area (TPSA) is 67.9 Å². The number of nitrogens with one attached hydrogen (secondary N) is 1. The third-order valence-electron chi connectivity index (χ3n) is 4.74. The molecule has 0 aliphatic heterocycles. The van der Waals surface area contributed by atoms with Gasteiger partial charge in [-0.2, -0.15) is 0 Å². The van der Waals surface area contributed by atoms with Crippen LogP contribution < -0.4 is 14.8 Å². The van der Waals surface area contributed by atoms with Crippen molar-refractivity contribution in [1.29, 1.82) is 0 Å². The summed E-state index contributed by atoms with van der Waals surface area (Å²) in [7, 11) is 1.54. The Hall–Kier alpha value is -3.09. The largest absolute Gasteiger partial charge is 0.493 e. The van der Waals surface area contributed by atoms with Gasteiger partial charge in [-0.3, -0.25) is 9.59 Å². The number of benzene rings is 2. The monoisotopic (exact) mass is 400 g/mol. The first-order valence-corrected chi connectivity index (χ1v) is 9.64. The summed E-state index contributed by atoms with van der Waals surface area (Å²) in [6.45, 7) is 0.315. The van der Waals surface area contributed by atoms with Crippen molar-refractivity contribution >= 4 is 11.8 Å². The van der Waals surface area contributed by atoms with E-state index in [2.05, 4.69) is 5.32 Å². The number of rotatable bonds is 10. The lowest BCUT2D eigenvalue weighted by atomic mass is 10.2. The first-order valence-electron chi connectivity index (χ1n) is 9.64. The number of carbonyl (C=O) groups is 2. The molecule has 1 aliphatic rings. The van der Waals surface area contributed by atoms with Crippen LogP contribution in [0.25, 0.3) is 0 Å². The van der Waals surface area contributed by atoms with Gasteiger partial charge in [0.1, 0.15) is 5.82 Å². The molecular formula is C22H25FN2O4. The molecular weight excluding hydrogens is 375 g/mol. The summed E-state index contributed by atoms with van der Waals surface area (Å²) in [6, 6.07) is 13.6. The van der Waals surface area contributed by atoms with Gasteiger partial charge in [0.15, 0.2) is 18.1 Å². The van der Waals surface area contributed by atoms with Gasteiger partial charge in [-0.25, -0.2) is 4.39 Å². The molecule has 3 rings (SSSR count). The molecule has 0 heterocycles. The first-order chi connectivity index (χ1) is 14.1. The zero-order chi connectivity index (χ0) is 20.6. The standard InChI is InChI=1S/C22H25FN2O4/c1-28-19-8-4-5-9-20(19)29-15-22(27)25(17-10-11-17)13-12-21(26)24-14-16-6-2-3-7-18(16)23/h2-9,17H,10-15H2,1H3,(H,24,26). The predicted molar refractivity (Wildman–Crippen MR) is 106 cm³/mol. The number of hydrogen-bond acceptors (Lipinski definition) is 4. The Morgan fingerprint density at radius 2 is 1.79 bits per heavy atom. The van der Waals surface area contributed by atoms with Gasteiger partial charge in [-0.05, 0) is 31.0 Å². The Morgan fingerprint density at radius 1 is 1.10 bits per heavy atom. The molecule has 29 heavy (non-hydrogen) atoms. The van der Waals surface area contributed by atoms with Crippen molar-refractivity contribution in [1.82, 2.24) is 10.2 Å². The quantitative estimate of drug-likeness (QED) is 0.666.